The smallest absolute Gasteiger partial charge is 0.0950 e. The van der Waals surface area contributed by atoms with Crippen LogP contribution >= 0.6 is 0 Å². The van der Waals surface area contributed by atoms with Crippen LogP contribution in [-0.4, -0.2) is 17.8 Å². The van der Waals surface area contributed by atoms with Gasteiger partial charge in [0.1, 0.15) is 0 Å². The number of nitrogens with two attached hydrogens (primary N) is 1. The Morgan fingerprint density at radius 2 is 2.43 bits per heavy atom. The number of nitrogens with zero attached hydrogens (tertiary/aromatic N) is 1. The summed E-state index contributed by atoms with van der Waals surface area (Å²) in [5, 5.41) is 17.6. The molecule has 0 aliphatic heterocycles. The molecule has 0 bridgehead atoms. The monoisotopic (exact) mass is 190 g/mol. The molecule has 1 rings (SSSR count). The number of aliphatic hydroxyl groups is 1. The number of aliphatic hydroxyl groups excluding tert-OH is 1. The Hall–Kier alpha value is -1.37. The van der Waals surface area contributed by atoms with Gasteiger partial charge in [0, 0.05) is 18.0 Å². The van der Waals surface area contributed by atoms with Crippen molar-refractivity contribution in [3.63, 3.8) is 0 Å². The van der Waals surface area contributed by atoms with E-state index in [1.807, 2.05) is 24.3 Å². The van der Waals surface area contributed by atoms with Crippen molar-refractivity contribution in [3.05, 3.63) is 35.5 Å². The van der Waals surface area contributed by atoms with Crippen LogP contribution in [-0.2, 0) is 0 Å². The highest BCUT2D eigenvalue weighted by molar-refractivity contribution is 5.38. The molecular weight excluding hydrogens is 176 g/mol. The summed E-state index contributed by atoms with van der Waals surface area (Å²) in [4.78, 5) is 0. The van der Waals surface area contributed by atoms with Crippen LogP contribution in [0.5, 0.6) is 0 Å². The van der Waals surface area contributed by atoms with Gasteiger partial charge in [0.05, 0.1) is 12.7 Å². The molecule has 0 spiro atoms. The second-order valence-corrected chi connectivity index (χ2v) is 3.30. The summed E-state index contributed by atoms with van der Waals surface area (Å²) in [6, 6.07) is 1.88. The molecule has 0 saturated heterocycles. The van der Waals surface area contributed by atoms with Gasteiger partial charge >= 0.3 is 0 Å². The summed E-state index contributed by atoms with van der Waals surface area (Å²) in [7, 11) is 0. The van der Waals surface area contributed by atoms with Crippen LogP contribution in [0.15, 0.2) is 35.5 Å². The molecule has 0 aromatic heterocycles. The van der Waals surface area contributed by atoms with E-state index in [2.05, 4.69) is 6.07 Å². The third kappa shape index (κ3) is 3.17. The number of allylic oxidation sites excluding steroid dienone is 5. The highest BCUT2D eigenvalue weighted by Crippen LogP contribution is 2.15. The zero-order valence-corrected chi connectivity index (χ0v) is 7.98. The Morgan fingerprint density at radius 1 is 1.64 bits per heavy atom. The first-order valence-electron chi connectivity index (χ1n) is 4.59. The highest BCUT2D eigenvalue weighted by atomic mass is 16.3. The number of nitriles is 1. The number of rotatable bonds is 3. The van der Waals surface area contributed by atoms with E-state index in [0.29, 0.717) is 12.8 Å². The van der Waals surface area contributed by atoms with Gasteiger partial charge in [-0.3, -0.25) is 0 Å². The molecule has 0 radical (unpaired) electrons. The van der Waals surface area contributed by atoms with Crippen molar-refractivity contribution in [2.75, 3.05) is 6.61 Å². The van der Waals surface area contributed by atoms with Gasteiger partial charge in [0.25, 0.3) is 0 Å². The topological polar surface area (TPSA) is 70.0 Å². The van der Waals surface area contributed by atoms with Crippen LogP contribution in [0.4, 0.5) is 0 Å². The Kier molecular flexibility index (Phi) is 4.11. The van der Waals surface area contributed by atoms with Crippen LogP contribution in [0.25, 0.3) is 0 Å². The van der Waals surface area contributed by atoms with E-state index in [9.17, 15) is 0 Å². The molecule has 0 heterocycles. The zero-order valence-electron chi connectivity index (χ0n) is 7.98. The first-order chi connectivity index (χ1) is 6.76. The third-order valence-electron chi connectivity index (χ3n) is 2.02. The van der Waals surface area contributed by atoms with Crippen molar-refractivity contribution < 1.29 is 5.11 Å². The molecule has 3 N–H and O–H groups in total. The van der Waals surface area contributed by atoms with E-state index >= 15 is 0 Å². The molecule has 1 aliphatic rings. The molecule has 14 heavy (non-hydrogen) atoms. The molecule has 0 saturated carbocycles. The fraction of sp³-hybridized carbons (Fsp3) is 0.364. The van der Waals surface area contributed by atoms with Crippen LogP contribution in [0.3, 0.4) is 0 Å². The van der Waals surface area contributed by atoms with Crippen molar-refractivity contribution >= 4 is 0 Å². The van der Waals surface area contributed by atoms with Gasteiger partial charge in [-0.25, -0.2) is 0 Å². The van der Waals surface area contributed by atoms with Gasteiger partial charge in [-0.15, -0.1) is 0 Å². The maximum Gasteiger partial charge on any atom is 0.0950 e. The Balaban J connectivity index is 2.72. The van der Waals surface area contributed by atoms with E-state index in [4.69, 9.17) is 16.1 Å². The SMILES string of the molecule is N#CC1=CC(C[C@@H](N)CO)=CC=CC1. The first kappa shape index (κ1) is 10.7. The third-order valence-corrected chi connectivity index (χ3v) is 2.02. The van der Waals surface area contributed by atoms with Crippen molar-refractivity contribution in [2.24, 2.45) is 5.73 Å². The second-order valence-electron chi connectivity index (χ2n) is 3.30. The van der Waals surface area contributed by atoms with Gasteiger partial charge in [0.15, 0.2) is 0 Å². The Labute approximate surface area is 83.8 Å². The molecule has 0 aromatic carbocycles. The zero-order chi connectivity index (χ0) is 10.4. The summed E-state index contributed by atoms with van der Waals surface area (Å²) in [6.45, 7) is -0.0310. The predicted molar refractivity (Wildman–Crippen MR) is 55.2 cm³/mol. The lowest BCUT2D eigenvalue weighted by atomic mass is 10.0. The van der Waals surface area contributed by atoms with Crippen molar-refractivity contribution in [3.8, 4) is 6.07 Å². The summed E-state index contributed by atoms with van der Waals surface area (Å²) < 4.78 is 0. The molecule has 74 valence electrons. The standard InChI is InChI=1S/C11H14N2O/c12-7-10-4-2-1-3-9(5-10)6-11(13)8-14/h1-3,5,11,14H,4,6,8,13H2/t11-/m1/s1. The Bertz CT molecular complexity index is 321. The van der Waals surface area contributed by atoms with E-state index in [-0.39, 0.29) is 12.6 Å². The lowest BCUT2D eigenvalue weighted by molar-refractivity contribution is 0.265. The van der Waals surface area contributed by atoms with Crippen LogP contribution in [0, 0.1) is 11.3 Å². The Morgan fingerprint density at radius 3 is 3.07 bits per heavy atom. The molecule has 1 atom stereocenters. The summed E-state index contributed by atoms with van der Waals surface area (Å²) >= 11 is 0. The fourth-order valence-corrected chi connectivity index (χ4v) is 1.29. The van der Waals surface area contributed by atoms with Crippen molar-refractivity contribution in [1.82, 2.24) is 0 Å². The quantitative estimate of drug-likeness (QED) is 0.698. The molecule has 0 aromatic rings. The van der Waals surface area contributed by atoms with Gasteiger partial charge in [0.2, 0.25) is 0 Å². The lowest BCUT2D eigenvalue weighted by Crippen LogP contribution is -2.24. The minimum Gasteiger partial charge on any atom is -0.395 e. The highest BCUT2D eigenvalue weighted by Gasteiger charge is 2.05. The van der Waals surface area contributed by atoms with Crippen molar-refractivity contribution in [1.29, 1.82) is 5.26 Å². The van der Waals surface area contributed by atoms with Gasteiger partial charge in [-0.2, -0.15) is 5.26 Å². The molecule has 3 nitrogen and oxygen atoms in total. The maximum absolute atomic E-state index is 8.80. The summed E-state index contributed by atoms with van der Waals surface area (Å²) in [6.07, 6.45) is 8.90. The molecule has 0 amide bonds. The van der Waals surface area contributed by atoms with E-state index < -0.39 is 0 Å². The predicted octanol–water partition coefficient (Wildman–Crippen LogP) is 1.03. The van der Waals surface area contributed by atoms with Crippen molar-refractivity contribution in [2.45, 2.75) is 18.9 Å². The van der Waals surface area contributed by atoms with Crippen LogP contribution in [0.1, 0.15) is 12.8 Å². The van der Waals surface area contributed by atoms with Crippen LogP contribution < -0.4 is 5.73 Å². The minimum absolute atomic E-state index is 0.0310. The van der Waals surface area contributed by atoms with E-state index in [1.54, 1.807) is 0 Å². The lowest BCUT2D eigenvalue weighted by Gasteiger charge is -2.07. The molecule has 0 fully saturated rings. The van der Waals surface area contributed by atoms with Gasteiger partial charge in [-0.05, 0) is 18.1 Å². The fourth-order valence-electron chi connectivity index (χ4n) is 1.29. The molecule has 1 aliphatic carbocycles. The maximum atomic E-state index is 8.80. The summed E-state index contributed by atoms with van der Waals surface area (Å²) in [5.74, 6) is 0. The van der Waals surface area contributed by atoms with E-state index in [0.717, 1.165) is 11.1 Å². The van der Waals surface area contributed by atoms with Gasteiger partial charge in [-0.1, -0.05) is 18.2 Å². The average molecular weight is 190 g/mol. The average Bonchev–Trinajstić information content (AvgIpc) is 2.42. The largest absolute Gasteiger partial charge is 0.395 e. The number of hydrogen-bond acceptors (Lipinski definition) is 3. The van der Waals surface area contributed by atoms with Gasteiger partial charge < -0.3 is 10.8 Å². The van der Waals surface area contributed by atoms with E-state index in [1.165, 1.54) is 0 Å². The molecular formula is C11H14N2O. The minimum atomic E-state index is -0.246. The molecule has 0 unspecified atom stereocenters. The van der Waals surface area contributed by atoms with Crippen LogP contribution in [0.2, 0.25) is 0 Å². The number of hydrogen-bond donors (Lipinski definition) is 2. The summed E-state index contributed by atoms with van der Waals surface area (Å²) in [5.41, 5.74) is 7.34. The normalized spacial score (nSPS) is 17.8. The first-order valence-corrected chi connectivity index (χ1v) is 4.59. The second kappa shape index (κ2) is 5.38. The molecule has 3 heteroatoms.